The quantitative estimate of drug-likeness (QED) is 0.717. The highest BCUT2D eigenvalue weighted by Gasteiger charge is 2.11. The van der Waals surface area contributed by atoms with Crippen LogP contribution in [0.15, 0.2) is 46.5 Å². The number of nitrogens with two attached hydrogens (primary N) is 1. The van der Waals surface area contributed by atoms with Gasteiger partial charge in [0.25, 0.3) is 5.56 Å². The SMILES string of the molecule is Nc1c(=O)[nH]c(SCc2cnccc2Cl)c2cc(F)ccc12. The number of anilines is 1. The molecule has 7 heteroatoms. The Morgan fingerprint density at radius 1 is 1.32 bits per heavy atom. The number of nitrogens with one attached hydrogen (secondary N) is 1. The molecule has 3 rings (SSSR count). The number of benzene rings is 1. The molecule has 22 heavy (non-hydrogen) atoms. The molecule has 0 aliphatic rings. The van der Waals surface area contributed by atoms with Gasteiger partial charge in [-0.05, 0) is 29.8 Å². The third kappa shape index (κ3) is 2.80. The van der Waals surface area contributed by atoms with Gasteiger partial charge in [-0.3, -0.25) is 9.78 Å². The van der Waals surface area contributed by atoms with Crippen molar-refractivity contribution in [1.82, 2.24) is 9.97 Å². The Kier molecular flexibility index (Phi) is 4.04. The number of rotatable bonds is 3. The molecule has 0 fully saturated rings. The van der Waals surface area contributed by atoms with Crippen molar-refractivity contribution in [2.24, 2.45) is 0 Å². The van der Waals surface area contributed by atoms with E-state index in [1.807, 2.05) is 0 Å². The molecule has 0 aliphatic heterocycles. The van der Waals surface area contributed by atoms with Crippen LogP contribution >= 0.6 is 23.4 Å². The summed E-state index contributed by atoms with van der Waals surface area (Å²) in [6.07, 6.45) is 3.26. The number of nitrogen functional groups attached to an aromatic ring is 1. The Balaban J connectivity index is 2.04. The molecule has 0 unspecified atom stereocenters. The lowest BCUT2D eigenvalue weighted by molar-refractivity contribution is 0.629. The summed E-state index contributed by atoms with van der Waals surface area (Å²) in [5.41, 5.74) is 6.28. The van der Waals surface area contributed by atoms with E-state index < -0.39 is 0 Å². The van der Waals surface area contributed by atoms with Gasteiger partial charge in [-0.1, -0.05) is 11.6 Å². The van der Waals surface area contributed by atoms with Crippen LogP contribution in [0.25, 0.3) is 10.8 Å². The second-order valence-electron chi connectivity index (χ2n) is 4.64. The first kappa shape index (κ1) is 14.9. The Hall–Kier alpha value is -2.05. The summed E-state index contributed by atoms with van der Waals surface area (Å²) in [7, 11) is 0. The van der Waals surface area contributed by atoms with Crippen LogP contribution in [0.1, 0.15) is 5.56 Å². The number of aromatic nitrogens is 2. The summed E-state index contributed by atoms with van der Waals surface area (Å²) in [6.45, 7) is 0. The summed E-state index contributed by atoms with van der Waals surface area (Å²) in [4.78, 5) is 18.6. The first-order chi connectivity index (χ1) is 10.6. The van der Waals surface area contributed by atoms with E-state index in [0.29, 0.717) is 26.6 Å². The van der Waals surface area contributed by atoms with E-state index in [4.69, 9.17) is 17.3 Å². The van der Waals surface area contributed by atoms with E-state index in [0.717, 1.165) is 5.56 Å². The van der Waals surface area contributed by atoms with Crippen LogP contribution in [-0.4, -0.2) is 9.97 Å². The fourth-order valence-corrected chi connectivity index (χ4v) is 3.35. The average molecular weight is 336 g/mol. The van der Waals surface area contributed by atoms with E-state index in [1.54, 1.807) is 18.5 Å². The van der Waals surface area contributed by atoms with E-state index in [1.165, 1.54) is 30.0 Å². The van der Waals surface area contributed by atoms with Crippen LogP contribution in [-0.2, 0) is 5.75 Å². The summed E-state index contributed by atoms with van der Waals surface area (Å²) < 4.78 is 13.5. The second-order valence-corrected chi connectivity index (χ2v) is 6.04. The lowest BCUT2D eigenvalue weighted by Gasteiger charge is -2.09. The zero-order valence-corrected chi connectivity index (χ0v) is 12.8. The zero-order valence-electron chi connectivity index (χ0n) is 11.3. The first-order valence-corrected chi connectivity index (χ1v) is 7.75. The minimum Gasteiger partial charge on any atom is -0.394 e. The van der Waals surface area contributed by atoms with Crippen molar-refractivity contribution in [1.29, 1.82) is 0 Å². The Labute approximate surface area is 134 Å². The number of nitrogens with zero attached hydrogens (tertiary/aromatic N) is 1. The van der Waals surface area contributed by atoms with Crippen molar-refractivity contribution in [3.63, 3.8) is 0 Å². The van der Waals surface area contributed by atoms with E-state index in [2.05, 4.69) is 9.97 Å². The van der Waals surface area contributed by atoms with Crippen LogP contribution in [0, 0.1) is 5.82 Å². The molecule has 112 valence electrons. The van der Waals surface area contributed by atoms with Crippen molar-refractivity contribution >= 4 is 39.8 Å². The Morgan fingerprint density at radius 2 is 2.14 bits per heavy atom. The molecule has 0 amide bonds. The smallest absolute Gasteiger partial charge is 0.272 e. The first-order valence-electron chi connectivity index (χ1n) is 6.38. The minimum absolute atomic E-state index is 0.0822. The molecular weight excluding hydrogens is 325 g/mol. The zero-order chi connectivity index (χ0) is 15.7. The molecule has 3 N–H and O–H groups in total. The number of hydrogen-bond acceptors (Lipinski definition) is 4. The van der Waals surface area contributed by atoms with Crippen molar-refractivity contribution in [2.75, 3.05) is 5.73 Å². The van der Waals surface area contributed by atoms with Gasteiger partial charge in [0.1, 0.15) is 11.5 Å². The highest BCUT2D eigenvalue weighted by molar-refractivity contribution is 7.98. The van der Waals surface area contributed by atoms with Crippen LogP contribution in [0.5, 0.6) is 0 Å². The van der Waals surface area contributed by atoms with Gasteiger partial charge >= 0.3 is 0 Å². The third-order valence-electron chi connectivity index (χ3n) is 3.20. The number of thioether (sulfide) groups is 1. The summed E-state index contributed by atoms with van der Waals surface area (Å²) >= 11 is 7.43. The molecule has 0 bridgehead atoms. The van der Waals surface area contributed by atoms with Crippen LogP contribution < -0.4 is 11.3 Å². The average Bonchev–Trinajstić information content (AvgIpc) is 2.51. The molecule has 0 aliphatic carbocycles. The summed E-state index contributed by atoms with van der Waals surface area (Å²) in [5, 5.41) is 2.25. The predicted octanol–water partition coefficient (Wildman–Crippen LogP) is 3.59. The molecule has 1 aromatic carbocycles. The lowest BCUT2D eigenvalue weighted by Crippen LogP contribution is -2.13. The van der Waals surface area contributed by atoms with Crippen LogP contribution in [0.3, 0.4) is 0 Å². The normalized spacial score (nSPS) is 11.0. The van der Waals surface area contributed by atoms with Gasteiger partial charge < -0.3 is 10.7 Å². The molecule has 3 aromatic rings. The molecule has 2 aromatic heterocycles. The number of hydrogen-bond donors (Lipinski definition) is 2. The number of fused-ring (bicyclic) bond motifs is 1. The van der Waals surface area contributed by atoms with Gasteiger partial charge in [-0.15, -0.1) is 11.8 Å². The van der Waals surface area contributed by atoms with E-state index in [9.17, 15) is 9.18 Å². The molecule has 0 saturated heterocycles. The molecule has 0 radical (unpaired) electrons. The van der Waals surface area contributed by atoms with Crippen molar-refractivity contribution < 1.29 is 4.39 Å². The maximum absolute atomic E-state index is 13.5. The molecule has 0 saturated carbocycles. The van der Waals surface area contributed by atoms with Gasteiger partial charge in [-0.25, -0.2) is 4.39 Å². The topological polar surface area (TPSA) is 71.8 Å². The lowest BCUT2D eigenvalue weighted by atomic mass is 10.1. The highest BCUT2D eigenvalue weighted by Crippen LogP contribution is 2.31. The van der Waals surface area contributed by atoms with Crippen molar-refractivity contribution in [2.45, 2.75) is 10.8 Å². The number of H-pyrrole nitrogens is 1. The maximum atomic E-state index is 13.5. The number of pyridine rings is 2. The van der Waals surface area contributed by atoms with Gasteiger partial charge in [0, 0.05) is 33.9 Å². The molecular formula is C15H11ClFN3OS. The van der Waals surface area contributed by atoms with Gasteiger partial charge in [0.2, 0.25) is 0 Å². The molecule has 0 spiro atoms. The monoisotopic (exact) mass is 335 g/mol. The highest BCUT2D eigenvalue weighted by atomic mass is 35.5. The van der Waals surface area contributed by atoms with Crippen LogP contribution in [0.2, 0.25) is 5.02 Å². The van der Waals surface area contributed by atoms with E-state index in [-0.39, 0.29) is 17.1 Å². The van der Waals surface area contributed by atoms with Gasteiger partial charge in [0.15, 0.2) is 0 Å². The standard InChI is InChI=1S/C15H11ClFN3OS/c16-12-3-4-19-6-8(12)7-22-15-11-5-9(17)1-2-10(11)13(18)14(21)20-15/h1-6H,7,18H2,(H,20,21). The number of halogens is 2. The Morgan fingerprint density at radius 3 is 2.91 bits per heavy atom. The molecule has 2 heterocycles. The van der Waals surface area contributed by atoms with E-state index >= 15 is 0 Å². The predicted molar refractivity (Wildman–Crippen MR) is 87.7 cm³/mol. The molecule has 0 atom stereocenters. The summed E-state index contributed by atoms with van der Waals surface area (Å²) in [6, 6.07) is 5.84. The van der Waals surface area contributed by atoms with Gasteiger partial charge in [-0.2, -0.15) is 0 Å². The second kappa shape index (κ2) is 5.98. The largest absolute Gasteiger partial charge is 0.394 e. The number of aromatic amines is 1. The summed E-state index contributed by atoms with van der Waals surface area (Å²) in [5.74, 6) is 0.109. The van der Waals surface area contributed by atoms with Crippen LogP contribution in [0.4, 0.5) is 10.1 Å². The maximum Gasteiger partial charge on any atom is 0.272 e. The third-order valence-corrected chi connectivity index (χ3v) is 4.64. The van der Waals surface area contributed by atoms with Crippen molar-refractivity contribution in [3.05, 3.63) is 63.4 Å². The fraction of sp³-hybridized carbons (Fsp3) is 0.0667. The Bertz CT molecular complexity index is 913. The molecule has 4 nitrogen and oxygen atoms in total. The van der Waals surface area contributed by atoms with Crippen molar-refractivity contribution in [3.8, 4) is 0 Å². The van der Waals surface area contributed by atoms with Gasteiger partial charge in [0.05, 0.1) is 5.03 Å². The fourth-order valence-electron chi connectivity index (χ4n) is 2.08. The minimum atomic E-state index is -0.390.